The van der Waals surface area contributed by atoms with Crippen molar-refractivity contribution in [1.82, 2.24) is 10.9 Å². The van der Waals surface area contributed by atoms with E-state index < -0.39 is 11.8 Å². The van der Waals surface area contributed by atoms with Gasteiger partial charge < -0.3 is 5.32 Å². The molecule has 0 aliphatic heterocycles. The van der Waals surface area contributed by atoms with Gasteiger partial charge in [0.25, 0.3) is 11.8 Å². The van der Waals surface area contributed by atoms with Crippen LogP contribution in [0.15, 0.2) is 18.2 Å². The lowest BCUT2D eigenvalue weighted by atomic mass is 10.0. The van der Waals surface area contributed by atoms with E-state index in [0.717, 1.165) is 12.8 Å². The molecule has 19 heavy (non-hydrogen) atoms. The van der Waals surface area contributed by atoms with Gasteiger partial charge in [-0.2, -0.15) is 0 Å². The van der Waals surface area contributed by atoms with Crippen LogP contribution in [0.5, 0.6) is 0 Å². The third-order valence-electron chi connectivity index (χ3n) is 2.64. The van der Waals surface area contributed by atoms with Crippen molar-refractivity contribution in [2.75, 3.05) is 11.9 Å². The van der Waals surface area contributed by atoms with Gasteiger partial charge in [-0.15, -0.1) is 0 Å². The molecule has 1 rings (SSSR count). The van der Waals surface area contributed by atoms with E-state index in [-0.39, 0.29) is 11.1 Å². The Labute approximate surface area is 111 Å². The zero-order valence-electron chi connectivity index (χ0n) is 10.8. The van der Waals surface area contributed by atoms with E-state index in [0.29, 0.717) is 12.2 Å². The van der Waals surface area contributed by atoms with Crippen LogP contribution < -0.4 is 27.9 Å². The Balaban J connectivity index is 3.14. The van der Waals surface area contributed by atoms with Gasteiger partial charge in [0.05, 0.1) is 11.1 Å². The third kappa shape index (κ3) is 3.67. The van der Waals surface area contributed by atoms with E-state index in [2.05, 4.69) is 12.2 Å². The highest BCUT2D eigenvalue weighted by molar-refractivity contribution is 6.10. The van der Waals surface area contributed by atoms with Gasteiger partial charge in [-0.25, -0.2) is 11.7 Å². The molecule has 104 valence electrons. The number of carbonyl (C=O) groups is 2. The van der Waals surface area contributed by atoms with Crippen molar-refractivity contribution in [3.8, 4) is 0 Å². The number of nitrogens with two attached hydrogens (primary N) is 2. The number of anilines is 1. The maximum absolute atomic E-state index is 11.8. The first-order valence-corrected chi connectivity index (χ1v) is 6.04. The molecule has 0 aliphatic rings. The first kappa shape index (κ1) is 14.9. The summed E-state index contributed by atoms with van der Waals surface area (Å²) < 4.78 is 0. The number of carbonyl (C=O) groups excluding carboxylic acids is 2. The van der Waals surface area contributed by atoms with Crippen LogP contribution in [0.2, 0.25) is 0 Å². The summed E-state index contributed by atoms with van der Waals surface area (Å²) in [5.74, 6) is 9.16. The SMILES string of the molecule is CCCCNc1cccc(C(=O)NN)c1C(=O)NN. The maximum atomic E-state index is 11.8. The van der Waals surface area contributed by atoms with Crippen molar-refractivity contribution in [3.63, 3.8) is 0 Å². The molecular formula is C12H19N5O2. The van der Waals surface area contributed by atoms with Crippen LogP contribution in [0.4, 0.5) is 5.69 Å². The lowest BCUT2D eigenvalue weighted by Gasteiger charge is -2.14. The first-order valence-electron chi connectivity index (χ1n) is 6.04. The fourth-order valence-electron chi connectivity index (χ4n) is 1.68. The minimum absolute atomic E-state index is 0.173. The van der Waals surface area contributed by atoms with Gasteiger partial charge >= 0.3 is 0 Å². The number of amides is 2. The van der Waals surface area contributed by atoms with Crippen LogP contribution in [-0.2, 0) is 0 Å². The highest BCUT2D eigenvalue weighted by Crippen LogP contribution is 2.20. The molecule has 0 bridgehead atoms. The maximum Gasteiger partial charge on any atom is 0.268 e. The molecule has 1 aromatic carbocycles. The number of nitrogen functional groups attached to an aromatic ring is 2. The summed E-state index contributed by atoms with van der Waals surface area (Å²) in [6, 6.07) is 4.90. The standard InChI is InChI=1S/C12H19N5O2/c1-2-3-7-15-9-6-4-5-8(11(18)16-13)10(9)12(19)17-14/h4-6,15H,2-3,7,13-14H2,1H3,(H,16,18)(H,17,19). The highest BCUT2D eigenvalue weighted by Gasteiger charge is 2.19. The van der Waals surface area contributed by atoms with Crippen LogP contribution in [0, 0.1) is 0 Å². The molecule has 2 amide bonds. The van der Waals surface area contributed by atoms with Gasteiger partial charge in [-0.3, -0.25) is 20.4 Å². The van der Waals surface area contributed by atoms with Crippen LogP contribution >= 0.6 is 0 Å². The Morgan fingerprint density at radius 2 is 1.84 bits per heavy atom. The quantitative estimate of drug-likeness (QED) is 0.216. The predicted molar refractivity (Wildman–Crippen MR) is 73.1 cm³/mol. The highest BCUT2D eigenvalue weighted by atomic mass is 16.2. The fraction of sp³-hybridized carbons (Fsp3) is 0.333. The average molecular weight is 265 g/mol. The average Bonchev–Trinajstić information content (AvgIpc) is 2.45. The molecule has 7 heteroatoms. The number of unbranched alkanes of at least 4 members (excludes halogenated alkanes) is 1. The van der Waals surface area contributed by atoms with Gasteiger partial charge in [0, 0.05) is 12.2 Å². The number of hydrogen-bond donors (Lipinski definition) is 5. The van der Waals surface area contributed by atoms with Gasteiger partial charge in [0.2, 0.25) is 0 Å². The molecule has 7 N–H and O–H groups in total. The zero-order chi connectivity index (χ0) is 14.3. The van der Waals surface area contributed by atoms with E-state index in [1.54, 1.807) is 12.1 Å². The molecular weight excluding hydrogens is 246 g/mol. The molecule has 0 fully saturated rings. The Hall–Kier alpha value is -2.12. The molecule has 0 saturated carbocycles. The van der Waals surface area contributed by atoms with Gasteiger partial charge in [-0.05, 0) is 18.6 Å². The molecule has 0 heterocycles. The van der Waals surface area contributed by atoms with E-state index in [9.17, 15) is 9.59 Å². The molecule has 0 spiro atoms. The summed E-state index contributed by atoms with van der Waals surface area (Å²) >= 11 is 0. The summed E-state index contributed by atoms with van der Waals surface area (Å²) in [5, 5.41) is 3.11. The molecule has 0 radical (unpaired) electrons. The van der Waals surface area contributed by atoms with Crippen LogP contribution in [-0.4, -0.2) is 18.4 Å². The summed E-state index contributed by atoms with van der Waals surface area (Å²) in [5.41, 5.74) is 4.95. The van der Waals surface area contributed by atoms with Gasteiger partial charge in [-0.1, -0.05) is 19.4 Å². The van der Waals surface area contributed by atoms with Crippen molar-refractivity contribution in [2.24, 2.45) is 11.7 Å². The van der Waals surface area contributed by atoms with Crippen LogP contribution in [0.3, 0.4) is 0 Å². The molecule has 0 saturated heterocycles. The second-order valence-corrected chi connectivity index (χ2v) is 3.96. The summed E-state index contributed by atoms with van der Waals surface area (Å²) in [7, 11) is 0. The normalized spacial score (nSPS) is 9.84. The minimum atomic E-state index is -0.544. The lowest BCUT2D eigenvalue weighted by molar-refractivity contribution is 0.0920. The number of hydrazine groups is 2. The van der Waals surface area contributed by atoms with Crippen LogP contribution in [0.25, 0.3) is 0 Å². The Bertz CT molecular complexity index is 461. The van der Waals surface area contributed by atoms with Crippen molar-refractivity contribution in [3.05, 3.63) is 29.3 Å². The second kappa shape index (κ2) is 7.34. The molecule has 1 aromatic rings. The minimum Gasteiger partial charge on any atom is -0.384 e. The Kier molecular flexibility index (Phi) is 5.77. The number of nitrogens with one attached hydrogen (secondary N) is 3. The summed E-state index contributed by atoms with van der Waals surface area (Å²) in [6.45, 7) is 2.77. The van der Waals surface area contributed by atoms with E-state index in [4.69, 9.17) is 11.7 Å². The lowest BCUT2D eigenvalue weighted by Crippen LogP contribution is -2.36. The van der Waals surface area contributed by atoms with E-state index in [1.165, 1.54) is 6.07 Å². The molecule has 0 unspecified atom stereocenters. The summed E-state index contributed by atoms with van der Waals surface area (Å²) in [6.07, 6.45) is 1.98. The smallest absolute Gasteiger partial charge is 0.268 e. The van der Waals surface area contributed by atoms with Gasteiger partial charge in [0.15, 0.2) is 0 Å². The third-order valence-corrected chi connectivity index (χ3v) is 2.64. The monoisotopic (exact) mass is 265 g/mol. The number of benzene rings is 1. The van der Waals surface area contributed by atoms with Crippen molar-refractivity contribution in [1.29, 1.82) is 0 Å². The topological polar surface area (TPSA) is 122 Å². The van der Waals surface area contributed by atoms with Crippen molar-refractivity contribution < 1.29 is 9.59 Å². The van der Waals surface area contributed by atoms with Crippen molar-refractivity contribution in [2.45, 2.75) is 19.8 Å². The Morgan fingerprint density at radius 1 is 1.16 bits per heavy atom. The zero-order valence-corrected chi connectivity index (χ0v) is 10.8. The first-order chi connectivity index (χ1) is 9.15. The molecule has 0 aliphatic carbocycles. The van der Waals surface area contributed by atoms with Crippen molar-refractivity contribution >= 4 is 17.5 Å². The number of rotatable bonds is 6. The number of hydrogen-bond acceptors (Lipinski definition) is 5. The molecule has 0 aromatic heterocycles. The summed E-state index contributed by atoms with van der Waals surface area (Å²) in [4.78, 5) is 23.5. The Morgan fingerprint density at radius 3 is 2.42 bits per heavy atom. The molecule has 0 atom stereocenters. The fourth-order valence-corrected chi connectivity index (χ4v) is 1.68. The van der Waals surface area contributed by atoms with E-state index in [1.807, 2.05) is 10.9 Å². The predicted octanol–water partition coefficient (Wildman–Crippen LogP) is 0.106. The van der Waals surface area contributed by atoms with E-state index >= 15 is 0 Å². The molecule has 7 nitrogen and oxygen atoms in total. The van der Waals surface area contributed by atoms with Gasteiger partial charge in [0.1, 0.15) is 0 Å². The largest absolute Gasteiger partial charge is 0.384 e. The van der Waals surface area contributed by atoms with Crippen LogP contribution in [0.1, 0.15) is 40.5 Å². The second-order valence-electron chi connectivity index (χ2n) is 3.96.